The quantitative estimate of drug-likeness (QED) is 0.633. The molecule has 1 amide bonds. The van der Waals surface area contributed by atoms with Gasteiger partial charge < -0.3 is 9.80 Å². The summed E-state index contributed by atoms with van der Waals surface area (Å²) in [6.07, 6.45) is 8.22. The van der Waals surface area contributed by atoms with Crippen molar-refractivity contribution in [3.63, 3.8) is 0 Å². The third kappa shape index (κ3) is 5.09. The highest BCUT2D eigenvalue weighted by molar-refractivity contribution is 7.07. The molecule has 29 heavy (non-hydrogen) atoms. The first-order chi connectivity index (χ1) is 14.0. The summed E-state index contributed by atoms with van der Waals surface area (Å²) >= 11 is 1.58. The van der Waals surface area contributed by atoms with Crippen molar-refractivity contribution in [1.29, 1.82) is 0 Å². The zero-order chi connectivity index (χ0) is 20.8. The Morgan fingerprint density at radius 2 is 2.34 bits per heavy atom. The van der Waals surface area contributed by atoms with Crippen molar-refractivity contribution in [3.05, 3.63) is 52.3 Å². The first kappa shape index (κ1) is 21.2. The second kappa shape index (κ2) is 9.78. The van der Waals surface area contributed by atoms with E-state index in [1.165, 1.54) is 6.20 Å². The molecule has 1 aliphatic rings. The van der Waals surface area contributed by atoms with Gasteiger partial charge >= 0.3 is 0 Å². The average molecular weight is 415 g/mol. The number of carbonyl (C=O) groups is 1. The highest BCUT2D eigenvalue weighted by Crippen LogP contribution is 2.25. The molecule has 7 heteroatoms. The van der Waals surface area contributed by atoms with Crippen LogP contribution < -0.4 is 14.8 Å². The number of hydrogen-bond acceptors (Lipinski definition) is 5. The summed E-state index contributed by atoms with van der Waals surface area (Å²) in [6.45, 7) is 9.83. The van der Waals surface area contributed by atoms with E-state index in [1.807, 2.05) is 22.9 Å². The molecule has 0 saturated carbocycles. The number of halogens is 1. The van der Waals surface area contributed by atoms with Gasteiger partial charge in [-0.1, -0.05) is 19.2 Å². The van der Waals surface area contributed by atoms with Crippen molar-refractivity contribution in [2.24, 2.45) is 5.92 Å². The molecule has 0 bridgehead atoms. The number of nitrogens with zero attached hydrogens (tertiary/aromatic N) is 4. The molecule has 1 fully saturated rings. The van der Waals surface area contributed by atoms with Gasteiger partial charge in [-0.25, -0.2) is 9.37 Å². The molecule has 1 saturated heterocycles. The highest BCUT2D eigenvalue weighted by atomic mass is 32.1. The van der Waals surface area contributed by atoms with Crippen LogP contribution in [0.4, 0.5) is 10.1 Å². The van der Waals surface area contributed by atoms with Crippen LogP contribution in [0.15, 0.2) is 36.6 Å². The minimum absolute atomic E-state index is 0.0738. The van der Waals surface area contributed by atoms with E-state index in [9.17, 15) is 9.18 Å². The first-order valence-corrected chi connectivity index (χ1v) is 10.7. The van der Waals surface area contributed by atoms with Crippen LogP contribution >= 0.6 is 11.3 Å². The number of carbonyl (C=O) groups excluding carboxylic acids is 1. The topological polar surface area (TPSA) is 49.3 Å². The number of likely N-dealkylation sites (tertiary alicyclic amines) is 1. The average Bonchev–Trinajstić information content (AvgIpc) is 3.29. The predicted molar refractivity (Wildman–Crippen MR) is 116 cm³/mol. The van der Waals surface area contributed by atoms with Gasteiger partial charge in [0.15, 0.2) is 5.82 Å². The molecule has 3 rings (SSSR count). The van der Waals surface area contributed by atoms with E-state index >= 15 is 0 Å². The minimum atomic E-state index is -0.346. The van der Waals surface area contributed by atoms with Crippen molar-refractivity contribution in [1.82, 2.24) is 14.9 Å². The van der Waals surface area contributed by atoms with Crippen molar-refractivity contribution in [3.8, 4) is 0 Å². The van der Waals surface area contributed by atoms with Crippen LogP contribution in [0.2, 0.25) is 0 Å². The molecule has 0 aliphatic carbocycles. The number of pyridine rings is 1. The molecule has 2 aromatic heterocycles. The van der Waals surface area contributed by atoms with Crippen LogP contribution in [0.5, 0.6) is 0 Å². The molecular weight excluding hydrogens is 387 g/mol. The van der Waals surface area contributed by atoms with E-state index in [0.717, 1.165) is 47.7 Å². The number of amides is 1. The van der Waals surface area contributed by atoms with Gasteiger partial charge in [0, 0.05) is 38.8 Å². The monoisotopic (exact) mass is 414 g/mol. The maximum absolute atomic E-state index is 13.8. The number of hydrogen-bond donors (Lipinski definition) is 0. The Labute approximate surface area is 174 Å². The van der Waals surface area contributed by atoms with E-state index in [-0.39, 0.29) is 17.6 Å². The third-order valence-corrected chi connectivity index (χ3v) is 6.40. The third-order valence-electron chi connectivity index (χ3n) is 5.45. The van der Waals surface area contributed by atoms with Crippen molar-refractivity contribution >= 4 is 35.1 Å². The summed E-state index contributed by atoms with van der Waals surface area (Å²) < 4.78 is 14.9. The molecule has 3 heterocycles. The molecule has 0 N–H and O–H groups in total. The molecule has 0 aromatic carbocycles. The lowest BCUT2D eigenvalue weighted by molar-refractivity contribution is -0.131. The van der Waals surface area contributed by atoms with Crippen LogP contribution in [0, 0.1) is 11.7 Å². The second-order valence-electron chi connectivity index (χ2n) is 7.31. The van der Waals surface area contributed by atoms with Gasteiger partial charge in [0.25, 0.3) is 0 Å². The van der Waals surface area contributed by atoms with Gasteiger partial charge in [-0.15, -0.1) is 11.3 Å². The van der Waals surface area contributed by atoms with Crippen LogP contribution in [0.25, 0.3) is 12.2 Å². The Bertz CT molecular complexity index is 973. The second-order valence-corrected chi connectivity index (χ2v) is 8.16. The lowest BCUT2D eigenvalue weighted by atomic mass is 9.98. The normalized spacial score (nSPS) is 17.5. The maximum atomic E-state index is 13.8. The fourth-order valence-electron chi connectivity index (χ4n) is 3.74. The summed E-state index contributed by atoms with van der Waals surface area (Å²) in [6, 6.07) is 1.65. The fraction of sp³-hybridized carbons (Fsp3) is 0.409. The smallest absolute Gasteiger partial charge is 0.225 e. The van der Waals surface area contributed by atoms with E-state index < -0.39 is 0 Å². The van der Waals surface area contributed by atoms with Crippen molar-refractivity contribution < 1.29 is 9.18 Å². The van der Waals surface area contributed by atoms with Gasteiger partial charge in [-0.3, -0.25) is 9.78 Å². The molecule has 0 radical (unpaired) electrons. The van der Waals surface area contributed by atoms with Crippen LogP contribution in [0.1, 0.15) is 25.7 Å². The van der Waals surface area contributed by atoms with Gasteiger partial charge in [0.2, 0.25) is 5.91 Å². The highest BCUT2D eigenvalue weighted by Gasteiger charge is 2.30. The van der Waals surface area contributed by atoms with Crippen LogP contribution in [-0.2, 0) is 4.79 Å². The van der Waals surface area contributed by atoms with E-state index in [1.54, 1.807) is 29.1 Å². The Morgan fingerprint density at radius 3 is 3.03 bits per heavy atom. The zero-order valence-corrected chi connectivity index (χ0v) is 17.6. The number of rotatable bonds is 9. The summed E-state index contributed by atoms with van der Waals surface area (Å²) in [4.78, 5) is 24.4. The summed E-state index contributed by atoms with van der Waals surface area (Å²) in [5, 5.41) is 0.794. The molecule has 2 aromatic rings. The van der Waals surface area contributed by atoms with E-state index in [4.69, 9.17) is 0 Å². The van der Waals surface area contributed by atoms with E-state index in [0.29, 0.717) is 18.8 Å². The van der Waals surface area contributed by atoms with Crippen molar-refractivity contribution in [2.75, 3.05) is 31.6 Å². The summed E-state index contributed by atoms with van der Waals surface area (Å²) in [5.74, 6) is -0.0598. The molecule has 5 nitrogen and oxygen atoms in total. The van der Waals surface area contributed by atoms with Gasteiger partial charge in [0.05, 0.1) is 27.3 Å². The number of anilines is 1. The Kier molecular flexibility index (Phi) is 7.14. The number of aromatic nitrogens is 2. The van der Waals surface area contributed by atoms with Gasteiger partial charge in [0.1, 0.15) is 0 Å². The first-order valence-electron chi connectivity index (χ1n) is 9.84. The Balaban J connectivity index is 1.49. The number of allylic oxidation sites excluding steroid dienone is 1. The van der Waals surface area contributed by atoms with E-state index in [2.05, 4.69) is 23.1 Å². The Morgan fingerprint density at radius 1 is 1.52 bits per heavy atom. The zero-order valence-electron chi connectivity index (χ0n) is 16.8. The van der Waals surface area contributed by atoms with Gasteiger partial charge in [-0.2, -0.15) is 0 Å². The number of likely N-dealkylation sites (N-methyl/N-ethyl adjacent to an activating group) is 1. The number of thiazole rings is 1. The van der Waals surface area contributed by atoms with Crippen LogP contribution in [-0.4, -0.2) is 47.5 Å². The minimum Gasteiger partial charge on any atom is -0.370 e. The molecule has 154 valence electrons. The maximum Gasteiger partial charge on any atom is 0.225 e. The molecule has 1 aliphatic heterocycles. The Hall–Kier alpha value is -2.54. The molecule has 1 atom stereocenters. The SMILES string of the molecule is C=C/C(CCCC1CCN(CCN(C)c2ccncc2F)C1=O)=c1/scnc1=C. The molecule has 0 spiro atoms. The lowest BCUT2D eigenvalue weighted by Crippen LogP contribution is -2.35. The standard InChI is InChI=1S/C22H27FN4OS/c1-4-17(21-16(2)25-15-29-21)6-5-7-18-9-11-27(22(18)28)13-12-26(3)20-8-10-24-14-19(20)23/h4,8,10,14-15,18H,1-2,5-7,9,11-13H2,3H3/b21-17-. The summed E-state index contributed by atoms with van der Waals surface area (Å²) in [7, 11) is 1.83. The fourth-order valence-corrected chi connectivity index (χ4v) is 4.55. The predicted octanol–water partition coefficient (Wildman–Crippen LogP) is 2.58. The van der Waals surface area contributed by atoms with Gasteiger partial charge in [-0.05, 0) is 37.3 Å². The van der Waals surface area contributed by atoms with Crippen molar-refractivity contribution in [2.45, 2.75) is 25.7 Å². The molecular formula is C22H27FN4OS. The lowest BCUT2D eigenvalue weighted by Gasteiger charge is -2.24. The molecule has 1 unspecified atom stereocenters. The van der Waals surface area contributed by atoms with Crippen LogP contribution in [0.3, 0.4) is 0 Å². The summed E-state index contributed by atoms with van der Waals surface area (Å²) in [5.41, 5.74) is 3.46. The largest absolute Gasteiger partial charge is 0.370 e.